The summed E-state index contributed by atoms with van der Waals surface area (Å²) in [7, 11) is 1.50. The van der Waals surface area contributed by atoms with Gasteiger partial charge in [0.15, 0.2) is 11.5 Å². The van der Waals surface area contributed by atoms with Crippen LogP contribution in [-0.4, -0.2) is 32.1 Å². The Hall–Kier alpha value is -3.29. The molecule has 0 aliphatic heterocycles. The minimum Gasteiger partial charge on any atom is -0.493 e. The average Bonchev–Trinajstić information content (AvgIpc) is 2.75. The molecule has 0 aromatic heterocycles. The predicted molar refractivity (Wildman–Crippen MR) is 115 cm³/mol. The maximum absolute atomic E-state index is 13.1. The highest BCUT2D eigenvalue weighted by molar-refractivity contribution is 5.96. The number of benzene rings is 2. The van der Waals surface area contributed by atoms with Crippen LogP contribution in [0.4, 0.5) is 4.39 Å². The monoisotopic (exact) mass is 432 g/mol. The lowest BCUT2D eigenvalue weighted by atomic mass is 10.1. The number of carbonyl (C=O) groups is 2. The largest absolute Gasteiger partial charge is 0.493 e. The van der Waals surface area contributed by atoms with E-state index in [0.717, 1.165) is 6.42 Å². The zero-order chi connectivity index (χ0) is 22.6. The summed E-state index contributed by atoms with van der Waals surface area (Å²) >= 11 is 0. The van der Waals surface area contributed by atoms with Crippen LogP contribution in [0.15, 0.2) is 42.5 Å². The predicted octanol–water partition coefficient (Wildman–Crippen LogP) is 3.88. The highest BCUT2D eigenvalue weighted by atomic mass is 19.1. The Morgan fingerprint density at radius 3 is 2.52 bits per heavy atom. The van der Waals surface area contributed by atoms with E-state index in [4.69, 9.17) is 14.2 Å². The lowest BCUT2D eigenvalue weighted by Gasteiger charge is -2.13. The molecule has 2 aromatic carbocycles. The van der Waals surface area contributed by atoms with Crippen LogP contribution in [0.1, 0.15) is 43.5 Å². The average molecular weight is 432 g/mol. The van der Waals surface area contributed by atoms with E-state index in [9.17, 15) is 14.0 Å². The zero-order valence-electron chi connectivity index (χ0n) is 18.1. The molecule has 0 atom stereocenters. The van der Waals surface area contributed by atoms with Crippen molar-refractivity contribution >= 4 is 11.8 Å². The second-order valence-corrected chi connectivity index (χ2v) is 7.31. The summed E-state index contributed by atoms with van der Waals surface area (Å²) in [6.07, 6.45) is 1.46. The summed E-state index contributed by atoms with van der Waals surface area (Å²) in [5, 5.41) is 0. The summed E-state index contributed by atoms with van der Waals surface area (Å²) in [6.45, 7) is 5.03. The van der Waals surface area contributed by atoms with Gasteiger partial charge in [0.05, 0.1) is 20.3 Å². The summed E-state index contributed by atoms with van der Waals surface area (Å²) in [6, 6.07) is 10.6. The van der Waals surface area contributed by atoms with Crippen molar-refractivity contribution in [2.75, 3.05) is 20.3 Å². The highest BCUT2D eigenvalue weighted by Crippen LogP contribution is 2.28. The number of nitrogens with one attached hydrogen (secondary N) is 2. The van der Waals surface area contributed by atoms with Gasteiger partial charge in [0.25, 0.3) is 5.91 Å². The Labute approximate surface area is 181 Å². The van der Waals surface area contributed by atoms with Crippen molar-refractivity contribution in [3.05, 3.63) is 53.8 Å². The van der Waals surface area contributed by atoms with E-state index >= 15 is 0 Å². The fraction of sp³-hybridized carbons (Fsp3) is 0.391. The van der Waals surface area contributed by atoms with Crippen molar-refractivity contribution < 1.29 is 28.2 Å². The van der Waals surface area contributed by atoms with Gasteiger partial charge in [-0.2, -0.15) is 0 Å². The maximum Gasteiger partial charge on any atom is 0.269 e. The molecule has 0 heterocycles. The van der Waals surface area contributed by atoms with Crippen LogP contribution in [0.5, 0.6) is 17.2 Å². The summed E-state index contributed by atoms with van der Waals surface area (Å²) in [4.78, 5) is 24.2. The van der Waals surface area contributed by atoms with Gasteiger partial charge >= 0.3 is 0 Å². The van der Waals surface area contributed by atoms with Gasteiger partial charge in [-0.1, -0.05) is 19.9 Å². The smallest absolute Gasteiger partial charge is 0.269 e. The first-order valence-electron chi connectivity index (χ1n) is 10.2. The molecule has 168 valence electrons. The summed E-state index contributed by atoms with van der Waals surface area (Å²) in [5.74, 6) is 0.698. The molecule has 2 rings (SSSR count). The van der Waals surface area contributed by atoms with E-state index in [0.29, 0.717) is 41.8 Å². The molecule has 0 radical (unpaired) electrons. The molecule has 2 aromatic rings. The minimum atomic E-state index is -0.476. The number of halogens is 1. The number of ether oxygens (including phenoxy) is 3. The summed E-state index contributed by atoms with van der Waals surface area (Å²) in [5.41, 5.74) is 5.05. The van der Waals surface area contributed by atoms with Crippen molar-refractivity contribution in [1.29, 1.82) is 0 Å². The van der Waals surface area contributed by atoms with Crippen molar-refractivity contribution in [1.82, 2.24) is 10.9 Å². The molecule has 8 heteroatoms. The highest BCUT2D eigenvalue weighted by Gasteiger charge is 2.12. The van der Waals surface area contributed by atoms with Gasteiger partial charge in [-0.25, -0.2) is 4.39 Å². The molecule has 31 heavy (non-hydrogen) atoms. The van der Waals surface area contributed by atoms with Crippen LogP contribution < -0.4 is 25.1 Å². The fourth-order valence-corrected chi connectivity index (χ4v) is 2.57. The van der Waals surface area contributed by atoms with Gasteiger partial charge in [-0.15, -0.1) is 0 Å². The molecule has 0 saturated carbocycles. The third-order valence-corrected chi connectivity index (χ3v) is 4.31. The van der Waals surface area contributed by atoms with E-state index in [1.807, 2.05) is 0 Å². The van der Waals surface area contributed by atoms with Gasteiger partial charge in [-0.3, -0.25) is 20.4 Å². The first-order valence-corrected chi connectivity index (χ1v) is 10.2. The molecular weight excluding hydrogens is 403 g/mol. The van der Waals surface area contributed by atoms with Crippen molar-refractivity contribution in [2.24, 2.45) is 5.92 Å². The van der Waals surface area contributed by atoms with Gasteiger partial charge < -0.3 is 14.2 Å². The Morgan fingerprint density at radius 2 is 1.81 bits per heavy atom. The topological polar surface area (TPSA) is 85.9 Å². The van der Waals surface area contributed by atoms with Gasteiger partial charge in [0.2, 0.25) is 5.91 Å². The van der Waals surface area contributed by atoms with Crippen molar-refractivity contribution in [3.63, 3.8) is 0 Å². The van der Waals surface area contributed by atoms with E-state index in [1.54, 1.807) is 30.3 Å². The van der Waals surface area contributed by atoms with E-state index in [1.165, 1.54) is 19.2 Å². The Kier molecular flexibility index (Phi) is 9.61. The Morgan fingerprint density at radius 1 is 1.00 bits per heavy atom. The molecule has 0 bridgehead atoms. The summed E-state index contributed by atoms with van der Waals surface area (Å²) < 4.78 is 29.5. The van der Waals surface area contributed by atoms with Crippen LogP contribution in [0.3, 0.4) is 0 Å². The fourth-order valence-electron chi connectivity index (χ4n) is 2.57. The second kappa shape index (κ2) is 12.4. The van der Waals surface area contributed by atoms with E-state index in [2.05, 4.69) is 24.7 Å². The third-order valence-electron chi connectivity index (χ3n) is 4.31. The number of hydrazine groups is 1. The van der Waals surface area contributed by atoms with Gasteiger partial charge in [-0.05, 0) is 49.1 Å². The van der Waals surface area contributed by atoms with Crippen LogP contribution in [-0.2, 0) is 4.79 Å². The van der Waals surface area contributed by atoms with Crippen LogP contribution in [0.2, 0.25) is 0 Å². The standard InChI is InChI=1S/C23H29FN2O5/c1-16(2)11-13-31-20-10-9-17(14-21(20)29-3)23(28)26-25-22(27)8-5-12-30-19-7-4-6-18(24)15-19/h4,6-7,9-10,14-16H,5,8,11-13H2,1-3H3,(H,25,27)(H,26,28). The number of rotatable bonds is 11. The molecule has 0 saturated heterocycles. The number of hydrogen-bond donors (Lipinski definition) is 2. The van der Waals surface area contributed by atoms with Gasteiger partial charge in [0.1, 0.15) is 11.6 Å². The number of carbonyl (C=O) groups excluding carboxylic acids is 2. The minimum absolute atomic E-state index is 0.140. The van der Waals surface area contributed by atoms with Crippen molar-refractivity contribution in [2.45, 2.75) is 33.1 Å². The second-order valence-electron chi connectivity index (χ2n) is 7.31. The molecule has 0 aliphatic carbocycles. The number of amides is 2. The quantitative estimate of drug-likeness (QED) is 0.416. The van der Waals surface area contributed by atoms with Crippen molar-refractivity contribution in [3.8, 4) is 17.2 Å². The maximum atomic E-state index is 13.1. The number of hydrogen-bond acceptors (Lipinski definition) is 5. The van der Waals surface area contributed by atoms with Crippen LogP contribution in [0, 0.1) is 11.7 Å². The van der Waals surface area contributed by atoms with E-state index in [-0.39, 0.29) is 24.8 Å². The Balaban J connectivity index is 1.74. The molecule has 2 amide bonds. The Bertz CT molecular complexity index is 873. The third kappa shape index (κ3) is 8.54. The molecule has 0 aliphatic rings. The SMILES string of the molecule is COc1cc(C(=O)NNC(=O)CCCOc2cccc(F)c2)ccc1OCCC(C)C. The first kappa shape index (κ1) is 24.0. The van der Waals surface area contributed by atoms with E-state index < -0.39 is 5.91 Å². The zero-order valence-corrected chi connectivity index (χ0v) is 18.1. The lowest BCUT2D eigenvalue weighted by molar-refractivity contribution is -0.122. The molecular formula is C23H29FN2O5. The molecule has 0 unspecified atom stereocenters. The number of methoxy groups -OCH3 is 1. The molecule has 2 N–H and O–H groups in total. The molecule has 0 spiro atoms. The van der Waals surface area contributed by atoms with Gasteiger partial charge in [0, 0.05) is 18.1 Å². The lowest BCUT2D eigenvalue weighted by Crippen LogP contribution is -2.41. The normalized spacial score (nSPS) is 10.5. The van der Waals surface area contributed by atoms with Crippen LogP contribution in [0.25, 0.3) is 0 Å². The van der Waals surface area contributed by atoms with Crippen LogP contribution >= 0.6 is 0 Å². The molecule has 7 nitrogen and oxygen atoms in total. The first-order chi connectivity index (χ1) is 14.9. The molecule has 0 fully saturated rings.